The lowest BCUT2D eigenvalue weighted by molar-refractivity contribution is 0.715. The summed E-state index contributed by atoms with van der Waals surface area (Å²) in [6.07, 6.45) is 11.0. The molecule has 5 heteroatoms. The van der Waals surface area contributed by atoms with Gasteiger partial charge in [-0.2, -0.15) is 5.10 Å². The highest BCUT2D eigenvalue weighted by Gasteiger charge is 2.05. The van der Waals surface area contributed by atoms with Crippen molar-refractivity contribution in [2.45, 2.75) is 30.6 Å². The quantitative estimate of drug-likeness (QED) is 0.202. The van der Waals surface area contributed by atoms with E-state index in [0.717, 1.165) is 11.2 Å². The maximum Gasteiger partial charge on any atom is 0.0734 e. The Morgan fingerprint density at radius 2 is 1.96 bits per heavy atom. The number of hydrogen-bond acceptors (Lipinski definition) is 3. The Hall–Kier alpha value is -1.08. The van der Waals surface area contributed by atoms with Crippen LogP contribution in [0.15, 0.2) is 53.8 Å². The third-order valence-electron chi connectivity index (χ3n) is 3.74. The second kappa shape index (κ2) is 8.68. The number of halogens is 1. The molecule has 0 spiro atoms. The van der Waals surface area contributed by atoms with E-state index in [0.29, 0.717) is 0 Å². The van der Waals surface area contributed by atoms with Crippen molar-refractivity contribution in [2.24, 2.45) is 0 Å². The average Bonchev–Trinajstić information content (AvgIpc) is 3.12. The number of fused-ring (bicyclic) bond motifs is 1. The number of alkyl halides is 1. The largest absolute Gasteiger partial charge is 0.256 e. The first-order valence-corrected chi connectivity index (χ1v) is 10.5. The van der Waals surface area contributed by atoms with Gasteiger partial charge in [0.25, 0.3) is 0 Å². The Bertz CT molecular complexity index is 743. The number of hydrogen-bond donors (Lipinski definition) is 0. The third-order valence-corrected chi connectivity index (χ3v) is 5.66. The molecule has 0 saturated heterocycles. The van der Waals surface area contributed by atoms with Gasteiger partial charge in [-0.15, -0.1) is 11.8 Å². The number of benzene rings is 1. The van der Waals surface area contributed by atoms with Crippen LogP contribution in [0.2, 0.25) is 0 Å². The molecule has 0 fully saturated rings. The van der Waals surface area contributed by atoms with Crippen LogP contribution < -0.4 is 0 Å². The van der Waals surface area contributed by atoms with Crippen molar-refractivity contribution in [3.63, 3.8) is 0 Å². The van der Waals surface area contributed by atoms with Gasteiger partial charge in [-0.3, -0.25) is 4.98 Å². The van der Waals surface area contributed by atoms with E-state index in [1.54, 1.807) is 6.20 Å². The lowest BCUT2D eigenvalue weighted by atomic mass is 10.2. The maximum absolute atomic E-state index is 4.53. The van der Waals surface area contributed by atoms with Crippen molar-refractivity contribution in [2.75, 3.05) is 10.2 Å². The number of aromatic nitrogens is 3. The fourth-order valence-corrected chi connectivity index (χ4v) is 4.13. The molecular weight excluding hydrogens is 417 g/mol. The topological polar surface area (TPSA) is 30.7 Å². The molecule has 0 atom stereocenters. The minimum atomic E-state index is 1.04. The van der Waals surface area contributed by atoms with E-state index < -0.39 is 0 Å². The zero-order chi connectivity index (χ0) is 15.9. The van der Waals surface area contributed by atoms with Crippen molar-refractivity contribution >= 4 is 45.3 Å². The zero-order valence-corrected chi connectivity index (χ0v) is 16.0. The van der Waals surface area contributed by atoms with Crippen LogP contribution in [0.3, 0.4) is 0 Å². The number of thioether (sulfide) groups is 1. The molecule has 0 aliphatic heterocycles. The number of nitrogens with zero attached hydrogens (tertiary/aromatic N) is 3. The summed E-state index contributed by atoms with van der Waals surface area (Å²) in [5.74, 6) is 1.18. The number of pyridine rings is 1. The molecule has 3 rings (SSSR count). The van der Waals surface area contributed by atoms with Crippen molar-refractivity contribution in [1.82, 2.24) is 14.8 Å². The standard InChI is InChI=1S/C18H20IN3S/c19-9-3-1-2-4-13-23-18-8-11-20-17-14-15(6-7-16(17)18)22-12-5-10-21-22/h5-8,10-12,14H,1-4,9,13H2. The van der Waals surface area contributed by atoms with E-state index in [1.807, 2.05) is 34.9 Å². The molecule has 0 unspecified atom stereocenters. The molecule has 0 bridgehead atoms. The summed E-state index contributed by atoms with van der Waals surface area (Å²) >= 11 is 4.40. The second-order valence-electron chi connectivity index (χ2n) is 5.41. The van der Waals surface area contributed by atoms with E-state index in [1.165, 1.54) is 46.1 Å². The van der Waals surface area contributed by atoms with E-state index in [9.17, 15) is 0 Å². The highest BCUT2D eigenvalue weighted by Crippen LogP contribution is 2.28. The molecule has 120 valence electrons. The normalized spacial score (nSPS) is 11.2. The van der Waals surface area contributed by atoms with Crippen molar-refractivity contribution in [3.05, 3.63) is 48.9 Å². The lowest BCUT2D eigenvalue weighted by Crippen LogP contribution is -1.94. The zero-order valence-electron chi connectivity index (χ0n) is 13.0. The summed E-state index contributed by atoms with van der Waals surface area (Å²) in [6, 6.07) is 10.4. The van der Waals surface area contributed by atoms with Gasteiger partial charge in [0.05, 0.1) is 11.2 Å². The van der Waals surface area contributed by atoms with Crippen LogP contribution in [0, 0.1) is 0 Å². The van der Waals surface area contributed by atoms with E-state index in [4.69, 9.17) is 0 Å². The van der Waals surface area contributed by atoms with Crippen molar-refractivity contribution in [3.8, 4) is 5.69 Å². The van der Waals surface area contributed by atoms with Crippen LogP contribution >= 0.6 is 34.4 Å². The SMILES string of the molecule is ICCCCCCSc1ccnc2cc(-n3cccn3)ccc12. The number of unbranched alkanes of at least 4 members (excludes halogenated alkanes) is 3. The fraction of sp³-hybridized carbons (Fsp3) is 0.333. The Morgan fingerprint density at radius 1 is 1.04 bits per heavy atom. The first-order valence-electron chi connectivity index (χ1n) is 7.96. The molecule has 0 aliphatic carbocycles. The van der Waals surface area contributed by atoms with Crippen LogP contribution in [-0.4, -0.2) is 24.9 Å². The molecule has 0 N–H and O–H groups in total. The second-order valence-corrected chi connectivity index (χ2v) is 7.63. The Morgan fingerprint density at radius 3 is 2.78 bits per heavy atom. The summed E-state index contributed by atoms with van der Waals surface area (Å²) in [6.45, 7) is 0. The molecule has 0 saturated carbocycles. The smallest absolute Gasteiger partial charge is 0.0734 e. The van der Waals surface area contributed by atoms with E-state index in [-0.39, 0.29) is 0 Å². The van der Waals surface area contributed by atoms with Crippen LogP contribution in [0.4, 0.5) is 0 Å². The highest BCUT2D eigenvalue weighted by molar-refractivity contribution is 14.1. The van der Waals surface area contributed by atoms with Gasteiger partial charge in [0.1, 0.15) is 0 Å². The van der Waals surface area contributed by atoms with Gasteiger partial charge in [-0.1, -0.05) is 35.4 Å². The summed E-state index contributed by atoms with van der Waals surface area (Å²) in [5, 5.41) is 5.52. The first kappa shape index (κ1) is 16.8. The Labute approximate surface area is 155 Å². The predicted molar refractivity (Wildman–Crippen MR) is 107 cm³/mol. The summed E-state index contributed by atoms with van der Waals surface area (Å²) in [4.78, 5) is 5.86. The molecule has 3 nitrogen and oxygen atoms in total. The molecule has 0 aliphatic rings. The molecule has 2 aromatic heterocycles. The third kappa shape index (κ3) is 4.47. The molecule has 0 amide bonds. The molecular formula is C18H20IN3S. The van der Waals surface area contributed by atoms with Crippen molar-refractivity contribution < 1.29 is 0 Å². The van der Waals surface area contributed by atoms with Gasteiger partial charge < -0.3 is 0 Å². The van der Waals surface area contributed by atoms with Gasteiger partial charge in [0.15, 0.2) is 0 Å². The van der Waals surface area contributed by atoms with Gasteiger partial charge in [0.2, 0.25) is 0 Å². The van der Waals surface area contributed by atoms with Crippen LogP contribution in [0.25, 0.3) is 16.6 Å². The molecule has 2 heterocycles. The first-order chi connectivity index (χ1) is 11.4. The van der Waals surface area contributed by atoms with Crippen LogP contribution in [0.1, 0.15) is 25.7 Å². The fourth-order valence-electron chi connectivity index (χ4n) is 2.53. The van der Waals surface area contributed by atoms with Crippen LogP contribution in [-0.2, 0) is 0 Å². The highest BCUT2D eigenvalue weighted by atomic mass is 127. The molecule has 1 aromatic carbocycles. The summed E-state index contributed by atoms with van der Waals surface area (Å²) in [7, 11) is 0. The monoisotopic (exact) mass is 437 g/mol. The maximum atomic E-state index is 4.53. The average molecular weight is 437 g/mol. The van der Waals surface area contributed by atoms with Crippen LogP contribution in [0.5, 0.6) is 0 Å². The van der Waals surface area contributed by atoms with E-state index >= 15 is 0 Å². The number of rotatable bonds is 8. The molecule has 23 heavy (non-hydrogen) atoms. The lowest BCUT2D eigenvalue weighted by Gasteiger charge is -2.08. The summed E-state index contributed by atoms with van der Waals surface area (Å²) in [5.41, 5.74) is 2.09. The van der Waals surface area contributed by atoms with Gasteiger partial charge in [-0.25, -0.2) is 4.68 Å². The minimum absolute atomic E-state index is 1.04. The minimum Gasteiger partial charge on any atom is -0.256 e. The van der Waals surface area contributed by atoms with Gasteiger partial charge >= 0.3 is 0 Å². The molecule has 3 aromatic rings. The van der Waals surface area contributed by atoms with E-state index in [2.05, 4.69) is 56.9 Å². The van der Waals surface area contributed by atoms with Gasteiger partial charge in [0, 0.05) is 28.9 Å². The molecule has 0 radical (unpaired) electrons. The Balaban J connectivity index is 1.69. The Kier molecular flexibility index (Phi) is 6.33. The predicted octanol–water partition coefficient (Wildman–Crippen LogP) is 5.51. The van der Waals surface area contributed by atoms with Gasteiger partial charge in [-0.05, 0) is 53.4 Å². The summed E-state index contributed by atoms with van der Waals surface area (Å²) < 4.78 is 3.15. The van der Waals surface area contributed by atoms with Crippen molar-refractivity contribution in [1.29, 1.82) is 0 Å².